The largest absolute Gasteiger partial charge is 0.433 e. The second-order valence-electron chi connectivity index (χ2n) is 7.10. The lowest BCUT2D eigenvalue weighted by atomic mass is 9.96. The van der Waals surface area contributed by atoms with Crippen molar-refractivity contribution in [1.29, 1.82) is 0 Å². The normalized spacial score (nSPS) is 14.9. The number of nitrogens with zero attached hydrogens (tertiary/aromatic N) is 2. The fraction of sp³-hybridized carbons (Fsp3) is 0.227. The molecule has 0 atom stereocenters. The number of carbonyl (C=O) groups is 1. The number of nitrogens with one attached hydrogen (secondary N) is 1. The summed E-state index contributed by atoms with van der Waals surface area (Å²) in [6.07, 6.45) is 0. The van der Waals surface area contributed by atoms with Crippen LogP contribution in [0.15, 0.2) is 77.2 Å². The van der Waals surface area contributed by atoms with E-state index in [1.165, 1.54) is 28.2 Å². The Hall–Kier alpha value is -3.45. The highest BCUT2D eigenvalue weighted by Gasteiger charge is 2.32. The Balaban J connectivity index is 1.49. The number of piperazine rings is 1. The first kappa shape index (κ1) is 18.9. The van der Waals surface area contributed by atoms with Gasteiger partial charge in [0.05, 0.1) is 32.2 Å². The number of carbonyl (C=O) groups excluding carboxylic acids is 1. The van der Waals surface area contributed by atoms with Gasteiger partial charge < -0.3 is 14.2 Å². The third kappa shape index (κ3) is 4.05. The molecule has 1 aliphatic heterocycles. The van der Waals surface area contributed by atoms with Crippen molar-refractivity contribution in [3.05, 3.63) is 99.8 Å². The van der Waals surface area contributed by atoms with E-state index in [2.05, 4.69) is 24.3 Å². The molecule has 2 heterocycles. The van der Waals surface area contributed by atoms with Crippen molar-refractivity contribution >= 4 is 11.8 Å². The van der Waals surface area contributed by atoms with Gasteiger partial charge in [0.2, 0.25) is 0 Å². The van der Waals surface area contributed by atoms with E-state index < -0.39 is 10.8 Å². The van der Waals surface area contributed by atoms with Crippen LogP contribution in [-0.2, 0) is 0 Å². The Bertz CT molecular complexity index is 940. The average molecular weight is 392 g/mol. The van der Waals surface area contributed by atoms with Crippen LogP contribution in [0, 0.1) is 10.1 Å². The van der Waals surface area contributed by atoms with Gasteiger partial charge in [0, 0.05) is 11.1 Å². The molecule has 148 valence electrons. The summed E-state index contributed by atoms with van der Waals surface area (Å²) in [5.74, 6) is -0.693. The van der Waals surface area contributed by atoms with Crippen molar-refractivity contribution in [2.75, 3.05) is 26.2 Å². The number of quaternary nitrogens is 1. The standard InChI is InChI=1S/C22H21N3O4/c26-22(19-11-12-20(29-19)25(27)28)24-15-13-23(14-16-24)21(17-7-3-1-4-8-17)18-9-5-2-6-10-18/h1-12,21H,13-16H2/p+1. The van der Waals surface area contributed by atoms with Gasteiger partial charge in [0.25, 0.3) is 5.91 Å². The van der Waals surface area contributed by atoms with Crippen LogP contribution in [0.1, 0.15) is 27.7 Å². The van der Waals surface area contributed by atoms with E-state index in [0.29, 0.717) is 13.1 Å². The molecular formula is C22H22N3O4+. The third-order valence-electron chi connectivity index (χ3n) is 5.35. The summed E-state index contributed by atoms with van der Waals surface area (Å²) in [6, 6.07) is 23.6. The van der Waals surface area contributed by atoms with Crippen LogP contribution >= 0.6 is 0 Å². The minimum Gasteiger partial charge on any atom is -0.395 e. The first-order valence-electron chi connectivity index (χ1n) is 9.61. The molecule has 1 amide bonds. The smallest absolute Gasteiger partial charge is 0.395 e. The fourth-order valence-corrected chi connectivity index (χ4v) is 3.94. The third-order valence-corrected chi connectivity index (χ3v) is 5.35. The van der Waals surface area contributed by atoms with Crippen LogP contribution in [0.5, 0.6) is 0 Å². The maximum absolute atomic E-state index is 12.7. The lowest BCUT2D eigenvalue weighted by Crippen LogP contribution is -3.15. The van der Waals surface area contributed by atoms with Crippen molar-refractivity contribution in [3.8, 4) is 0 Å². The number of rotatable bonds is 5. The summed E-state index contributed by atoms with van der Waals surface area (Å²) in [5.41, 5.74) is 2.49. The van der Waals surface area contributed by atoms with E-state index in [1.54, 1.807) is 4.90 Å². The Labute approximate surface area is 168 Å². The SMILES string of the molecule is O=C(c1ccc([N+](=O)[O-])o1)N1CC[NH+](C(c2ccccc2)c2ccccc2)CC1. The molecule has 1 fully saturated rings. The molecule has 0 spiro atoms. The van der Waals surface area contributed by atoms with Crippen molar-refractivity contribution in [1.82, 2.24) is 4.90 Å². The highest BCUT2D eigenvalue weighted by molar-refractivity contribution is 5.91. The molecule has 2 aromatic carbocycles. The highest BCUT2D eigenvalue weighted by Crippen LogP contribution is 2.20. The zero-order valence-corrected chi connectivity index (χ0v) is 15.9. The van der Waals surface area contributed by atoms with Gasteiger partial charge in [-0.05, 0) is 6.07 Å². The summed E-state index contributed by atoms with van der Waals surface area (Å²) >= 11 is 0. The van der Waals surface area contributed by atoms with Gasteiger partial charge in [0.15, 0.2) is 5.76 Å². The molecule has 1 aliphatic rings. The van der Waals surface area contributed by atoms with Gasteiger partial charge in [-0.3, -0.25) is 14.9 Å². The maximum atomic E-state index is 12.7. The highest BCUT2D eigenvalue weighted by atomic mass is 16.6. The van der Waals surface area contributed by atoms with E-state index in [0.717, 1.165) is 13.1 Å². The predicted octanol–water partition coefficient (Wildman–Crippen LogP) is 2.32. The van der Waals surface area contributed by atoms with Crippen molar-refractivity contribution in [2.45, 2.75) is 6.04 Å². The number of furan rings is 1. The average Bonchev–Trinajstić information content (AvgIpc) is 3.26. The minimum atomic E-state index is -0.636. The Kier molecular flexibility index (Phi) is 5.39. The summed E-state index contributed by atoms with van der Waals surface area (Å²) in [6.45, 7) is 2.70. The molecular weight excluding hydrogens is 370 g/mol. The molecule has 0 bridgehead atoms. The van der Waals surface area contributed by atoms with E-state index in [1.807, 2.05) is 36.4 Å². The van der Waals surface area contributed by atoms with Crippen LogP contribution in [0.25, 0.3) is 0 Å². The van der Waals surface area contributed by atoms with Crippen LogP contribution in [0.3, 0.4) is 0 Å². The molecule has 7 nitrogen and oxygen atoms in total. The number of hydrogen-bond donors (Lipinski definition) is 1. The zero-order chi connectivity index (χ0) is 20.2. The Morgan fingerprint density at radius 2 is 1.48 bits per heavy atom. The van der Waals surface area contributed by atoms with Crippen LogP contribution < -0.4 is 4.90 Å². The van der Waals surface area contributed by atoms with E-state index in [9.17, 15) is 14.9 Å². The lowest BCUT2D eigenvalue weighted by molar-refractivity contribution is -0.929. The van der Waals surface area contributed by atoms with Gasteiger partial charge in [-0.2, -0.15) is 0 Å². The number of hydrogen-bond acceptors (Lipinski definition) is 4. The maximum Gasteiger partial charge on any atom is 0.433 e. The zero-order valence-electron chi connectivity index (χ0n) is 15.9. The molecule has 4 rings (SSSR count). The number of nitro groups is 1. The van der Waals surface area contributed by atoms with Crippen molar-refractivity contribution in [3.63, 3.8) is 0 Å². The van der Waals surface area contributed by atoms with E-state index in [-0.39, 0.29) is 17.7 Å². The Morgan fingerprint density at radius 1 is 0.931 bits per heavy atom. The summed E-state index contributed by atoms with van der Waals surface area (Å²) in [7, 11) is 0. The molecule has 0 saturated carbocycles. The van der Waals surface area contributed by atoms with Gasteiger partial charge in [-0.15, -0.1) is 0 Å². The first-order valence-corrected chi connectivity index (χ1v) is 9.61. The summed E-state index contributed by atoms with van der Waals surface area (Å²) in [5, 5.41) is 10.8. The number of benzene rings is 2. The number of amides is 1. The van der Waals surface area contributed by atoms with Gasteiger partial charge >= 0.3 is 5.88 Å². The minimum absolute atomic E-state index is 0.0165. The summed E-state index contributed by atoms with van der Waals surface area (Å²) in [4.78, 5) is 25.9. The molecule has 1 aromatic heterocycles. The van der Waals surface area contributed by atoms with Crippen molar-refractivity contribution < 1.29 is 19.0 Å². The van der Waals surface area contributed by atoms with Crippen LogP contribution in [0.2, 0.25) is 0 Å². The fourth-order valence-electron chi connectivity index (χ4n) is 3.94. The first-order chi connectivity index (χ1) is 14.1. The molecule has 3 aromatic rings. The quantitative estimate of drug-likeness (QED) is 0.534. The second-order valence-corrected chi connectivity index (χ2v) is 7.10. The predicted molar refractivity (Wildman–Crippen MR) is 107 cm³/mol. The molecule has 0 unspecified atom stereocenters. The lowest BCUT2D eigenvalue weighted by Gasteiger charge is -2.36. The van der Waals surface area contributed by atoms with Gasteiger partial charge in [-0.1, -0.05) is 60.7 Å². The molecule has 1 saturated heterocycles. The molecule has 0 radical (unpaired) electrons. The van der Waals surface area contributed by atoms with Crippen molar-refractivity contribution in [2.24, 2.45) is 0 Å². The monoisotopic (exact) mass is 392 g/mol. The summed E-state index contributed by atoms with van der Waals surface area (Å²) < 4.78 is 5.08. The second kappa shape index (κ2) is 8.28. The topological polar surface area (TPSA) is 81.0 Å². The Morgan fingerprint density at radius 3 is 1.97 bits per heavy atom. The van der Waals surface area contributed by atoms with Gasteiger partial charge in [0.1, 0.15) is 11.0 Å². The van der Waals surface area contributed by atoms with Gasteiger partial charge in [-0.25, -0.2) is 0 Å². The molecule has 7 heteroatoms. The van der Waals surface area contributed by atoms with E-state index in [4.69, 9.17) is 4.42 Å². The molecule has 29 heavy (non-hydrogen) atoms. The van der Waals surface area contributed by atoms with E-state index >= 15 is 0 Å². The molecule has 1 N–H and O–H groups in total. The van der Waals surface area contributed by atoms with Crippen LogP contribution in [-0.4, -0.2) is 41.9 Å². The van der Waals surface area contributed by atoms with Crippen LogP contribution in [0.4, 0.5) is 5.88 Å². The molecule has 0 aliphatic carbocycles.